The Labute approximate surface area is 185 Å². The number of amides is 2. The molecule has 170 valence electrons. The number of benzene rings is 2. The molecule has 2 atom stereocenters. The summed E-state index contributed by atoms with van der Waals surface area (Å²) in [6.07, 6.45) is -2.46. The summed E-state index contributed by atoms with van der Waals surface area (Å²) in [4.78, 5) is 35.4. The van der Waals surface area contributed by atoms with Crippen LogP contribution in [0.25, 0.3) is 11.1 Å². The van der Waals surface area contributed by atoms with E-state index in [1.54, 1.807) is 0 Å². The van der Waals surface area contributed by atoms with Crippen molar-refractivity contribution in [3.63, 3.8) is 0 Å². The molecule has 0 saturated heterocycles. The molecule has 2 aromatic rings. The Bertz CT molecular complexity index is 933. The van der Waals surface area contributed by atoms with Gasteiger partial charge in [-0.1, -0.05) is 48.5 Å². The standard InChI is InChI=1S/C23H26N2O7/c26-12-10-20(27)21(28)24-11-9-19(22(29)30)25-23(31)32-13-18-16-7-3-1-5-14(16)15-6-2-4-8-17(15)18/h1-8,18-20,26-27H,9-13H2,(H,24,28)(H,25,31)(H,29,30)/t19-,20+/m0/s1. The van der Waals surface area contributed by atoms with E-state index in [1.807, 2.05) is 48.5 Å². The number of hydrogen-bond acceptors (Lipinski definition) is 6. The van der Waals surface area contributed by atoms with Crippen LogP contribution in [-0.2, 0) is 14.3 Å². The van der Waals surface area contributed by atoms with Gasteiger partial charge in [0, 0.05) is 25.5 Å². The summed E-state index contributed by atoms with van der Waals surface area (Å²) in [5, 5.41) is 32.2. The lowest BCUT2D eigenvalue weighted by molar-refractivity contribution is -0.139. The second-order valence-electron chi connectivity index (χ2n) is 7.47. The van der Waals surface area contributed by atoms with E-state index in [2.05, 4.69) is 10.6 Å². The molecule has 0 aromatic heterocycles. The van der Waals surface area contributed by atoms with Gasteiger partial charge in [-0.3, -0.25) is 4.79 Å². The maximum absolute atomic E-state index is 12.3. The SMILES string of the molecule is O=C(N[C@@H](CCNC(=O)[C@H](O)CCO)C(=O)O)OCC1c2ccccc2-c2ccccc21. The van der Waals surface area contributed by atoms with E-state index < -0.39 is 30.1 Å². The van der Waals surface area contributed by atoms with Crippen molar-refractivity contribution < 1.29 is 34.4 Å². The van der Waals surface area contributed by atoms with Crippen LogP contribution in [0.3, 0.4) is 0 Å². The summed E-state index contributed by atoms with van der Waals surface area (Å²) in [5.41, 5.74) is 4.25. The molecule has 1 aliphatic rings. The van der Waals surface area contributed by atoms with Crippen molar-refractivity contribution in [2.75, 3.05) is 19.8 Å². The Morgan fingerprint density at radius 1 is 0.969 bits per heavy atom. The van der Waals surface area contributed by atoms with Crippen molar-refractivity contribution in [2.45, 2.75) is 30.9 Å². The first-order chi connectivity index (χ1) is 15.4. The average Bonchev–Trinajstić information content (AvgIpc) is 3.10. The van der Waals surface area contributed by atoms with Crippen LogP contribution in [0.5, 0.6) is 0 Å². The number of aliphatic hydroxyl groups is 2. The normalized spacial score (nSPS) is 14.1. The van der Waals surface area contributed by atoms with Crippen LogP contribution >= 0.6 is 0 Å². The van der Waals surface area contributed by atoms with Gasteiger partial charge in [0.15, 0.2) is 0 Å². The third kappa shape index (κ3) is 5.43. The van der Waals surface area contributed by atoms with E-state index in [0.29, 0.717) is 0 Å². The minimum absolute atomic E-state index is 0.0519. The van der Waals surface area contributed by atoms with E-state index in [-0.39, 0.29) is 38.5 Å². The van der Waals surface area contributed by atoms with Gasteiger partial charge in [-0.15, -0.1) is 0 Å². The number of ether oxygens (including phenoxy) is 1. The second kappa shape index (κ2) is 10.7. The van der Waals surface area contributed by atoms with Gasteiger partial charge in [-0.05, 0) is 28.7 Å². The Morgan fingerprint density at radius 3 is 2.12 bits per heavy atom. The largest absolute Gasteiger partial charge is 0.480 e. The van der Waals surface area contributed by atoms with Crippen LogP contribution in [0.1, 0.15) is 29.9 Å². The van der Waals surface area contributed by atoms with Gasteiger partial charge >= 0.3 is 12.1 Å². The number of rotatable bonds is 10. The molecule has 3 rings (SSSR count). The van der Waals surface area contributed by atoms with Gasteiger partial charge < -0.3 is 30.7 Å². The molecule has 32 heavy (non-hydrogen) atoms. The van der Waals surface area contributed by atoms with E-state index in [9.17, 15) is 24.6 Å². The fourth-order valence-electron chi connectivity index (χ4n) is 3.75. The van der Waals surface area contributed by atoms with Gasteiger partial charge in [0.05, 0.1) is 0 Å². The smallest absolute Gasteiger partial charge is 0.407 e. The molecule has 0 bridgehead atoms. The number of hydrogen-bond donors (Lipinski definition) is 5. The molecule has 0 saturated carbocycles. The fourth-order valence-corrected chi connectivity index (χ4v) is 3.75. The van der Waals surface area contributed by atoms with E-state index in [1.165, 1.54) is 0 Å². The molecule has 9 nitrogen and oxygen atoms in total. The Hall–Kier alpha value is -3.43. The summed E-state index contributed by atoms with van der Waals surface area (Å²) < 4.78 is 5.35. The van der Waals surface area contributed by atoms with Gasteiger partial charge in [0.25, 0.3) is 0 Å². The lowest BCUT2D eigenvalue weighted by Gasteiger charge is -2.18. The Balaban J connectivity index is 1.54. The average molecular weight is 442 g/mol. The number of alkyl carbamates (subject to hydrolysis) is 1. The highest BCUT2D eigenvalue weighted by Crippen LogP contribution is 2.44. The highest BCUT2D eigenvalue weighted by atomic mass is 16.5. The molecule has 2 aromatic carbocycles. The summed E-state index contributed by atoms with van der Waals surface area (Å²) in [5.74, 6) is -2.14. The van der Waals surface area contributed by atoms with Crippen LogP contribution in [-0.4, -0.2) is 65.2 Å². The molecule has 0 radical (unpaired) electrons. The maximum atomic E-state index is 12.3. The lowest BCUT2D eigenvalue weighted by Crippen LogP contribution is -2.44. The summed E-state index contributed by atoms with van der Waals surface area (Å²) in [7, 11) is 0. The number of aliphatic hydroxyl groups excluding tert-OH is 2. The highest BCUT2D eigenvalue weighted by Gasteiger charge is 2.29. The predicted octanol–water partition coefficient (Wildman–Crippen LogP) is 1.23. The summed E-state index contributed by atoms with van der Waals surface area (Å²) in [6, 6.07) is 14.5. The lowest BCUT2D eigenvalue weighted by atomic mass is 9.98. The van der Waals surface area contributed by atoms with Crippen molar-refractivity contribution >= 4 is 18.0 Å². The number of carbonyl (C=O) groups is 3. The minimum atomic E-state index is -1.38. The molecule has 0 unspecified atom stereocenters. The third-order valence-electron chi connectivity index (χ3n) is 5.37. The van der Waals surface area contributed by atoms with Crippen LogP contribution in [0.4, 0.5) is 4.79 Å². The topological polar surface area (TPSA) is 145 Å². The quantitative estimate of drug-likeness (QED) is 0.372. The molecular formula is C23H26N2O7. The number of carboxylic acid groups (broad SMARTS) is 1. The van der Waals surface area contributed by atoms with Gasteiger partial charge in [-0.25, -0.2) is 9.59 Å². The first-order valence-corrected chi connectivity index (χ1v) is 10.3. The van der Waals surface area contributed by atoms with Crippen molar-refractivity contribution in [3.05, 3.63) is 59.7 Å². The van der Waals surface area contributed by atoms with Crippen molar-refractivity contribution in [1.82, 2.24) is 10.6 Å². The molecule has 0 spiro atoms. The minimum Gasteiger partial charge on any atom is -0.480 e. The summed E-state index contributed by atoms with van der Waals surface area (Å²) >= 11 is 0. The molecule has 0 aliphatic heterocycles. The first-order valence-electron chi connectivity index (χ1n) is 10.3. The summed E-state index contributed by atoms with van der Waals surface area (Å²) in [6.45, 7) is -0.381. The first kappa shape index (κ1) is 23.2. The number of nitrogens with one attached hydrogen (secondary N) is 2. The number of aliphatic carboxylic acids is 1. The maximum Gasteiger partial charge on any atom is 0.407 e. The fraction of sp³-hybridized carbons (Fsp3) is 0.348. The van der Waals surface area contributed by atoms with Crippen molar-refractivity contribution in [3.8, 4) is 11.1 Å². The number of carbonyl (C=O) groups excluding carboxylic acids is 2. The van der Waals surface area contributed by atoms with Gasteiger partial charge in [0.2, 0.25) is 5.91 Å². The molecular weight excluding hydrogens is 416 g/mol. The predicted molar refractivity (Wildman–Crippen MR) is 115 cm³/mol. The highest BCUT2D eigenvalue weighted by molar-refractivity contribution is 5.82. The van der Waals surface area contributed by atoms with E-state index in [4.69, 9.17) is 9.84 Å². The van der Waals surface area contributed by atoms with Crippen LogP contribution < -0.4 is 10.6 Å². The van der Waals surface area contributed by atoms with Crippen LogP contribution in [0, 0.1) is 0 Å². The second-order valence-corrected chi connectivity index (χ2v) is 7.47. The molecule has 9 heteroatoms. The van der Waals surface area contributed by atoms with Crippen LogP contribution in [0.2, 0.25) is 0 Å². The van der Waals surface area contributed by atoms with Gasteiger partial charge in [0.1, 0.15) is 18.8 Å². The molecule has 1 aliphatic carbocycles. The third-order valence-corrected chi connectivity index (χ3v) is 5.37. The molecule has 0 fully saturated rings. The molecule has 2 amide bonds. The molecule has 0 heterocycles. The van der Waals surface area contributed by atoms with Crippen LogP contribution in [0.15, 0.2) is 48.5 Å². The zero-order valence-corrected chi connectivity index (χ0v) is 17.4. The molecule has 5 N–H and O–H groups in total. The van der Waals surface area contributed by atoms with E-state index in [0.717, 1.165) is 22.3 Å². The Morgan fingerprint density at radius 2 is 1.56 bits per heavy atom. The zero-order valence-electron chi connectivity index (χ0n) is 17.4. The number of fused-ring (bicyclic) bond motifs is 3. The zero-order chi connectivity index (χ0) is 23.1. The number of carboxylic acids is 1. The monoisotopic (exact) mass is 442 g/mol. The Kier molecular flexibility index (Phi) is 7.80. The van der Waals surface area contributed by atoms with Gasteiger partial charge in [-0.2, -0.15) is 0 Å². The van der Waals surface area contributed by atoms with Crippen molar-refractivity contribution in [2.24, 2.45) is 0 Å². The van der Waals surface area contributed by atoms with Crippen molar-refractivity contribution in [1.29, 1.82) is 0 Å². The van der Waals surface area contributed by atoms with E-state index >= 15 is 0 Å².